The third-order valence-corrected chi connectivity index (χ3v) is 5.88. The van der Waals surface area contributed by atoms with Crippen molar-refractivity contribution in [2.75, 3.05) is 13.7 Å². The van der Waals surface area contributed by atoms with E-state index < -0.39 is 0 Å². The number of aromatic nitrogens is 2. The molecule has 0 unspecified atom stereocenters. The lowest BCUT2D eigenvalue weighted by Gasteiger charge is -2.20. The Morgan fingerprint density at radius 2 is 1.86 bits per heavy atom. The summed E-state index contributed by atoms with van der Waals surface area (Å²) in [6.45, 7) is 1.31. The molecule has 1 aliphatic rings. The van der Waals surface area contributed by atoms with E-state index >= 15 is 0 Å². The van der Waals surface area contributed by atoms with Crippen molar-refractivity contribution in [2.45, 2.75) is 45.1 Å². The summed E-state index contributed by atoms with van der Waals surface area (Å²) < 4.78 is 7.77. The summed E-state index contributed by atoms with van der Waals surface area (Å²) in [5.41, 5.74) is 3.20. The molecule has 4 rings (SSSR count). The Hall–Kier alpha value is -2.82. The lowest BCUT2D eigenvalue weighted by Crippen LogP contribution is -2.33. The second-order valence-electron chi connectivity index (χ2n) is 7.79. The molecule has 29 heavy (non-hydrogen) atoms. The van der Waals surface area contributed by atoms with Gasteiger partial charge in [0.1, 0.15) is 11.6 Å². The fraction of sp³-hybridized carbons (Fsp3) is 0.417. The Kier molecular flexibility index (Phi) is 6.13. The van der Waals surface area contributed by atoms with E-state index in [-0.39, 0.29) is 11.8 Å². The molecule has 1 amide bonds. The van der Waals surface area contributed by atoms with Crippen molar-refractivity contribution in [3.63, 3.8) is 0 Å². The summed E-state index contributed by atoms with van der Waals surface area (Å²) in [7, 11) is 1.70. The molecule has 2 aromatic carbocycles. The van der Waals surface area contributed by atoms with Crippen LogP contribution in [0.2, 0.25) is 0 Å². The van der Waals surface area contributed by atoms with E-state index in [1.807, 2.05) is 36.4 Å². The third kappa shape index (κ3) is 4.44. The Morgan fingerprint density at radius 3 is 2.69 bits per heavy atom. The predicted octanol–water partition coefficient (Wildman–Crippen LogP) is 4.33. The minimum absolute atomic E-state index is 0.191. The summed E-state index contributed by atoms with van der Waals surface area (Å²) in [4.78, 5) is 17.3. The number of nitrogens with one attached hydrogen (secondary N) is 1. The maximum Gasteiger partial charge on any atom is 0.223 e. The van der Waals surface area contributed by atoms with Gasteiger partial charge in [-0.05, 0) is 31.0 Å². The lowest BCUT2D eigenvalue weighted by molar-refractivity contribution is -0.125. The Bertz CT molecular complexity index is 973. The quantitative estimate of drug-likeness (QED) is 0.652. The second-order valence-corrected chi connectivity index (χ2v) is 7.79. The van der Waals surface area contributed by atoms with Gasteiger partial charge in [0, 0.05) is 24.4 Å². The van der Waals surface area contributed by atoms with Crippen LogP contribution in [0.5, 0.6) is 5.75 Å². The van der Waals surface area contributed by atoms with Gasteiger partial charge in [-0.2, -0.15) is 0 Å². The molecule has 0 bridgehead atoms. The van der Waals surface area contributed by atoms with Crippen LogP contribution in [0.1, 0.15) is 43.5 Å². The fourth-order valence-corrected chi connectivity index (χ4v) is 4.30. The number of benzene rings is 2. The van der Waals surface area contributed by atoms with Gasteiger partial charge in [0.05, 0.1) is 24.7 Å². The van der Waals surface area contributed by atoms with Crippen LogP contribution >= 0.6 is 0 Å². The summed E-state index contributed by atoms with van der Waals surface area (Å²) in [5, 5.41) is 3.14. The highest BCUT2D eigenvalue weighted by Gasteiger charge is 2.21. The molecule has 5 heteroatoms. The van der Waals surface area contributed by atoms with Crippen LogP contribution in [-0.4, -0.2) is 29.1 Å². The van der Waals surface area contributed by atoms with E-state index in [4.69, 9.17) is 9.72 Å². The number of nitrogens with zero attached hydrogens (tertiary/aromatic N) is 2. The molecule has 0 aliphatic heterocycles. The van der Waals surface area contributed by atoms with Crippen LogP contribution in [0.15, 0.2) is 48.5 Å². The van der Waals surface area contributed by atoms with E-state index in [1.165, 1.54) is 19.3 Å². The zero-order chi connectivity index (χ0) is 20.1. The van der Waals surface area contributed by atoms with Gasteiger partial charge in [0.15, 0.2) is 0 Å². The van der Waals surface area contributed by atoms with Crippen LogP contribution in [0.4, 0.5) is 0 Å². The number of imidazole rings is 1. The SMILES string of the molecule is COc1ccccc1Cn1c(CCNC(=O)C2CCCCC2)nc2ccccc21. The number of methoxy groups -OCH3 is 1. The van der Waals surface area contributed by atoms with Crippen LogP contribution in [-0.2, 0) is 17.8 Å². The molecular formula is C24H29N3O2. The molecule has 0 radical (unpaired) electrons. The minimum Gasteiger partial charge on any atom is -0.496 e. The summed E-state index contributed by atoms with van der Waals surface area (Å²) in [6.07, 6.45) is 6.37. The topological polar surface area (TPSA) is 56.1 Å². The predicted molar refractivity (Wildman–Crippen MR) is 115 cm³/mol. The van der Waals surface area contributed by atoms with Gasteiger partial charge in [0.25, 0.3) is 0 Å². The maximum atomic E-state index is 12.5. The maximum absolute atomic E-state index is 12.5. The van der Waals surface area contributed by atoms with Crippen LogP contribution < -0.4 is 10.1 Å². The van der Waals surface area contributed by atoms with Crippen molar-refractivity contribution >= 4 is 16.9 Å². The van der Waals surface area contributed by atoms with Gasteiger partial charge >= 0.3 is 0 Å². The molecule has 0 spiro atoms. The first-order valence-electron chi connectivity index (χ1n) is 10.6. The lowest BCUT2D eigenvalue weighted by atomic mass is 9.89. The number of fused-ring (bicyclic) bond motifs is 1. The number of carbonyl (C=O) groups is 1. The van der Waals surface area contributed by atoms with E-state index in [1.54, 1.807) is 7.11 Å². The number of carbonyl (C=O) groups excluding carboxylic acids is 1. The van der Waals surface area contributed by atoms with Crippen LogP contribution in [0.3, 0.4) is 0 Å². The van der Waals surface area contributed by atoms with Gasteiger partial charge in [-0.1, -0.05) is 49.6 Å². The normalized spacial score (nSPS) is 14.8. The minimum atomic E-state index is 0.191. The van der Waals surface area contributed by atoms with Crippen molar-refractivity contribution in [3.05, 3.63) is 59.9 Å². The Balaban J connectivity index is 1.51. The highest BCUT2D eigenvalue weighted by atomic mass is 16.5. The van der Waals surface area contributed by atoms with Gasteiger partial charge in [-0.25, -0.2) is 4.98 Å². The molecule has 1 fully saturated rings. The van der Waals surface area contributed by atoms with E-state index in [0.717, 1.165) is 41.0 Å². The second kappa shape index (κ2) is 9.12. The zero-order valence-corrected chi connectivity index (χ0v) is 17.1. The number of para-hydroxylation sites is 3. The summed E-state index contributed by atoms with van der Waals surface area (Å²) >= 11 is 0. The molecule has 1 saturated carbocycles. The number of amides is 1. The molecule has 3 aromatic rings. The van der Waals surface area contributed by atoms with E-state index in [2.05, 4.69) is 22.0 Å². The number of hydrogen-bond acceptors (Lipinski definition) is 3. The molecule has 1 aliphatic carbocycles. The monoisotopic (exact) mass is 391 g/mol. The number of ether oxygens (including phenoxy) is 1. The van der Waals surface area contributed by atoms with Crippen molar-refractivity contribution in [3.8, 4) is 5.75 Å². The van der Waals surface area contributed by atoms with Crippen molar-refractivity contribution in [1.82, 2.24) is 14.9 Å². The molecule has 0 atom stereocenters. The standard InChI is InChI=1S/C24H29N3O2/c1-29-22-14-8-5-11-19(22)17-27-21-13-7-6-12-20(21)26-23(27)15-16-25-24(28)18-9-3-2-4-10-18/h5-8,11-14,18H,2-4,9-10,15-17H2,1H3,(H,25,28). The van der Waals surface area contributed by atoms with Crippen molar-refractivity contribution < 1.29 is 9.53 Å². The first-order chi connectivity index (χ1) is 14.3. The average molecular weight is 392 g/mol. The fourth-order valence-electron chi connectivity index (χ4n) is 4.30. The summed E-state index contributed by atoms with van der Waals surface area (Å²) in [5.74, 6) is 2.26. The zero-order valence-electron chi connectivity index (χ0n) is 17.1. The number of rotatable bonds is 7. The van der Waals surface area contributed by atoms with Crippen LogP contribution in [0, 0.1) is 5.92 Å². The van der Waals surface area contributed by atoms with Crippen molar-refractivity contribution in [2.24, 2.45) is 5.92 Å². The molecule has 1 N–H and O–H groups in total. The molecule has 152 valence electrons. The van der Waals surface area contributed by atoms with Gasteiger partial charge < -0.3 is 14.6 Å². The largest absolute Gasteiger partial charge is 0.496 e. The van der Waals surface area contributed by atoms with Gasteiger partial charge in [-0.3, -0.25) is 4.79 Å². The van der Waals surface area contributed by atoms with Crippen LogP contribution in [0.25, 0.3) is 11.0 Å². The summed E-state index contributed by atoms with van der Waals surface area (Å²) in [6, 6.07) is 16.3. The van der Waals surface area contributed by atoms with Gasteiger partial charge in [-0.15, -0.1) is 0 Å². The molecule has 0 saturated heterocycles. The molecular weight excluding hydrogens is 362 g/mol. The highest BCUT2D eigenvalue weighted by Crippen LogP contribution is 2.24. The van der Waals surface area contributed by atoms with Gasteiger partial charge in [0.2, 0.25) is 5.91 Å². The Morgan fingerprint density at radius 1 is 1.10 bits per heavy atom. The number of hydrogen-bond donors (Lipinski definition) is 1. The highest BCUT2D eigenvalue weighted by molar-refractivity contribution is 5.79. The van der Waals surface area contributed by atoms with Crippen molar-refractivity contribution in [1.29, 1.82) is 0 Å². The molecule has 1 heterocycles. The molecule has 5 nitrogen and oxygen atoms in total. The van der Waals surface area contributed by atoms with E-state index in [9.17, 15) is 4.79 Å². The first kappa shape index (κ1) is 19.5. The first-order valence-corrected chi connectivity index (χ1v) is 10.6. The average Bonchev–Trinajstić information content (AvgIpc) is 3.12. The molecule has 1 aromatic heterocycles. The smallest absolute Gasteiger partial charge is 0.223 e. The Labute approximate surface area is 172 Å². The third-order valence-electron chi connectivity index (χ3n) is 5.88. The van der Waals surface area contributed by atoms with E-state index in [0.29, 0.717) is 19.5 Å².